The van der Waals surface area contributed by atoms with Crippen LogP contribution in [0.25, 0.3) is 22.5 Å². The van der Waals surface area contributed by atoms with Gasteiger partial charge in [0.1, 0.15) is 5.82 Å². The second-order valence-corrected chi connectivity index (χ2v) is 9.03. The first-order valence-corrected chi connectivity index (χ1v) is 11.5. The van der Waals surface area contributed by atoms with Crippen molar-refractivity contribution in [2.24, 2.45) is 7.05 Å². The Balaban J connectivity index is 1.36. The number of benzene rings is 3. The van der Waals surface area contributed by atoms with E-state index in [9.17, 15) is 18.8 Å². The quantitative estimate of drug-likeness (QED) is 0.408. The van der Waals surface area contributed by atoms with Crippen LogP contribution in [0.15, 0.2) is 66.7 Å². The highest BCUT2D eigenvalue weighted by Crippen LogP contribution is 2.34. The Labute approximate surface area is 210 Å². The molecular weight excluding hydrogens is 477 g/mol. The maximum absolute atomic E-state index is 13.7. The van der Waals surface area contributed by atoms with Crippen LogP contribution in [-0.2, 0) is 23.9 Å². The average Bonchev–Trinajstić information content (AvgIpc) is 3.55. The summed E-state index contributed by atoms with van der Waals surface area (Å²) in [7, 11) is 1.76. The van der Waals surface area contributed by atoms with Crippen LogP contribution in [0.1, 0.15) is 21.5 Å². The Kier molecular flexibility index (Phi) is 5.07. The van der Waals surface area contributed by atoms with Gasteiger partial charge in [-0.2, -0.15) is 0 Å². The highest BCUT2D eigenvalue weighted by Gasteiger charge is 2.50. The summed E-state index contributed by atoms with van der Waals surface area (Å²) in [5.74, 6) is -0.873. The number of halogens is 1. The zero-order valence-corrected chi connectivity index (χ0v) is 19.6. The van der Waals surface area contributed by atoms with Gasteiger partial charge in [0, 0.05) is 24.7 Å². The van der Waals surface area contributed by atoms with Crippen molar-refractivity contribution in [3.05, 3.63) is 89.2 Å². The zero-order chi connectivity index (χ0) is 25.7. The number of urea groups is 1. The fourth-order valence-corrected chi connectivity index (χ4v) is 4.97. The van der Waals surface area contributed by atoms with Crippen molar-refractivity contribution in [3.63, 3.8) is 0 Å². The molecule has 2 N–H and O–H groups in total. The molecule has 3 heterocycles. The Morgan fingerprint density at radius 3 is 2.41 bits per heavy atom. The number of aromatic nitrogens is 4. The lowest BCUT2D eigenvalue weighted by molar-refractivity contribution is -0.124. The van der Waals surface area contributed by atoms with E-state index in [-0.39, 0.29) is 18.7 Å². The number of carbonyl (C=O) groups excluding carboxylic acids is 3. The van der Waals surface area contributed by atoms with Gasteiger partial charge in [-0.05, 0) is 44.8 Å². The number of nitrogens with zero attached hydrogens (tertiary/aromatic N) is 5. The molecular formula is C26H20FN7O3. The predicted octanol–water partition coefficient (Wildman–Crippen LogP) is 2.37. The number of tetrazole rings is 1. The van der Waals surface area contributed by atoms with Crippen LogP contribution in [-0.4, -0.2) is 49.5 Å². The zero-order valence-electron chi connectivity index (χ0n) is 19.6. The second kappa shape index (κ2) is 8.33. The third kappa shape index (κ3) is 3.63. The largest absolute Gasteiger partial charge is 0.331 e. The predicted molar refractivity (Wildman–Crippen MR) is 129 cm³/mol. The number of nitrogens with one attached hydrogen (secondary N) is 2. The smallest absolute Gasteiger partial charge is 0.322 e. The number of hydrogen-bond acceptors (Lipinski definition) is 6. The third-order valence-electron chi connectivity index (χ3n) is 6.80. The minimum atomic E-state index is -1.50. The number of carbonyl (C=O) groups is 3. The van der Waals surface area contributed by atoms with E-state index in [0.29, 0.717) is 17.0 Å². The summed E-state index contributed by atoms with van der Waals surface area (Å²) in [5, 5.41) is 16.8. The van der Waals surface area contributed by atoms with Gasteiger partial charge in [0.2, 0.25) is 0 Å². The van der Waals surface area contributed by atoms with Gasteiger partial charge >= 0.3 is 6.03 Å². The van der Waals surface area contributed by atoms with Gasteiger partial charge in [0.25, 0.3) is 11.8 Å². The van der Waals surface area contributed by atoms with Crippen molar-refractivity contribution in [1.29, 1.82) is 0 Å². The first-order chi connectivity index (χ1) is 17.9. The molecule has 184 valence electrons. The van der Waals surface area contributed by atoms with Crippen LogP contribution >= 0.6 is 0 Å². The van der Waals surface area contributed by atoms with Crippen LogP contribution in [0.3, 0.4) is 0 Å². The summed E-state index contributed by atoms with van der Waals surface area (Å²) in [4.78, 5) is 39.8. The van der Waals surface area contributed by atoms with Crippen molar-refractivity contribution in [2.45, 2.75) is 12.1 Å². The SMILES string of the molecule is Cn1nnnc1-c1ccccc1-c1ccc([C@]2(CN3Cc4ccc(F)cc4C3=O)NC(=O)NC2=O)cc1. The molecule has 11 heteroatoms. The fraction of sp³-hybridized carbons (Fsp3) is 0.154. The van der Waals surface area contributed by atoms with Crippen LogP contribution in [0.2, 0.25) is 0 Å². The van der Waals surface area contributed by atoms with E-state index in [4.69, 9.17) is 0 Å². The molecule has 1 atom stereocenters. The molecule has 1 saturated heterocycles. The first kappa shape index (κ1) is 22.5. The van der Waals surface area contributed by atoms with Crippen LogP contribution in [0.4, 0.5) is 9.18 Å². The first-order valence-electron chi connectivity index (χ1n) is 11.5. The summed E-state index contributed by atoms with van der Waals surface area (Å²) < 4.78 is 15.3. The molecule has 2 aliphatic rings. The summed E-state index contributed by atoms with van der Waals surface area (Å²) in [6.07, 6.45) is 0. The van der Waals surface area contributed by atoms with E-state index in [0.717, 1.165) is 16.7 Å². The Hall–Kier alpha value is -4.93. The average molecular weight is 497 g/mol. The van der Waals surface area contributed by atoms with E-state index in [1.54, 1.807) is 29.9 Å². The van der Waals surface area contributed by atoms with Crippen molar-refractivity contribution < 1.29 is 18.8 Å². The molecule has 3 aromatic carbocycles. The molecule has 2 aliphatic heterocycles. The molecule has 10 nitrogen and oxygen atoms in total. The standard InChI is InChI=1S/C26H20FN7O3/c1-33-22(30-31-32-33)20-5-3-2-4-19(20)15-6-9-17(10-7-15)26(24(36)28-25(37)29-26)14-34-13-16-8-11-18(27)12-21(16)23(34)35/h2-12H,13-14H2,1H3,(H2,28,29,36,37)/t26-/m0/s1. The molecule has 0 spiro atoms. The van der Waals surface area contributed by atoms with Gasteiger partial charge in [-0.3, -0.25) is 14.9 Å². The monoisotopic (exact) mass is 497 g/mol. The number of rotatable bonds is 5. The summed E-state index contributed by atoms with van der Waals surface area (Å²) >= 11 is 0. The lowest BCUT2D eigenvalue weighted by Gasteiger charge is -2.31. The molecule has 0 unspecified atom stereocenters. The Bertz CT molecular complexity index is 1580. The number of fused-ring (bicyclic) bond motifs is 1. The highest BCUT2D eigenvalue weighted by atomic mass is 19.1. The van der Waals surface area contributed by atoms with E-state index in [1.165, 1.54) is 17.0 Å². The van der Waals surface area contributed by atoms with E-state index >= 15 is 0 Å². The topological polar surface area (TPSA) is 122 Å². The molecule has 0 saturated carbocycles. The Morgan fingerprint density at radius 1 is 0.973 bits per heavy atom. The minimum Gasteiger partial charge on any atom is -0.331 e. The van der Waals surface area contributed by atoms with E-state index in [2.05, 4.69) is 26.2 Å². The lowest BCUT2D eigenvalue weighted by atomic mass is 9.87. The normalized spacial score (nSPS) is 18.6. The van der Waals surface area contributed by atoms with Gasteiger partial charge in [0.15, 0.2) is 11.4 Å². The van der Waals surface area contributed by atoms with Crippen LogP contribution in [0, 0.1) is 5.82 Å². The van der Waals surface area contributed by atoms with E-state index in [1.807, 2.05) is 36.4 Å². The molecule has 0 bridgehead atoms. The van der Waals surface area contributed by atoms with E-state index < -0.39 is 29.2 Å². The van der Waals surface area contributed by atoms with Crippen LogP contribution < -0.4 is 10.6 Å². The molecule has 4 aromatic rings. The maximum Gasteiger partial charge on any atom is 0.322 e. The fourth-order valence-electron chi connectivity index (χ4n) is 4.97. The van der Waals surface area contributed by atoms with Crippen molar-refractivity contribution in [1.82, 2.24) is 35.7 Å². The molecule has 1 fully saturated rings. The minimum absolute atomic E-state index is 0.111. The molecule has 37 heavy (non-hydrogen) atoms. The number of aryl methyl sites for hydroxylation is 1. The van der Waals surface area contributed by atoms with Gasteiger partial charge in [-0.25, -0.2) is 13.9 Å². The van der Waals surface area contributed by atoms with Gasteiger partial charge in [-0.15, -0.1) is 5.10 Å². The second-order valence-electron chi connectivity index (χ2n) is 9.03. The van der Waals surface area contributed by atoms with Crippen molar-refractivity contribution >= 4 is 17.8 Å². The van der Waals surface area contributed by atoms with Crippen LogP contribution in [0.5, 0.6) is 0 Å². The maximum atomic E-state index is 13.7. The number of amides is 4. The number of imide groups is 1. The number of hydrogen-bond donors (Lipinski definition) is 2. The van der Waals surface area contributed by atoms with Gasteiger partial charge < -0.3 is 10.2 Å². The summed E-state index contributed by atoms with van der Waals surface area (Å²) in [6.45, 7) is 0.0940. The van der Waals surface area contributed by atoms with Gasteiger partial charge in [-0.1, -0.05) is 54.6 Å². The molecule has 0 aliphatic carbocycles. The third-order valence-corrected chi connectivity index (χ3v) is 6.80. The highest BCUT2D eigenvalue weighted by molar-refractivity contribution is 6.08. The van der Waals surface area contributed by atoms with Crippen molar-refractivity contribution in [2.75, 3.05) is 6.54 Å². The van der Waals surface area contributed by atoms with Crippen molar-refractivity contribution in [3.8, 4) is 22.5 Å². The lowest BCUT2D eigenvalue weighted by Crippen LogP contribution is -2.52. The molecule has 6 rings (SSSR count). The van der Waals surface area contributed by atoms with Gasteiger partial charge in [0.05, 0.1) is 6.54 Å². The molecule has 1 aromatic heterocycles. The molecule has 0 radical (unpaired) electrons. The summed E-state index contributed by atoms with van der Waals surface area (Å²) in [5.41, 5.74) is 2.49. The Morgan fingerprint density at radius 2 is 1.73 bits per heavy atom. The molecule has 4 amide bonds. The summed E-state index contributed by atoms with van der Waals surface area (Å²) in [6, 6.07) is 18.2.